The molecule has 1 N–H and O–H groups in total. The van der Waals surface area contributed by atoms with Crippen LogP contribution in [-0.4, -0.2) is 22.2 Å². The molecular weight excluding hydrogens is 522 g/mol. The predicted octanol–water partition coefficient (Wildman–Crippen LogP) is 8.72. The van der Waals surface area contributed by atoms with E-state index in [2.05, 4.69) is 32.9 Å². The molecule has 0 amide bonds. The Morgan fingerprint density at radius 2 is 1.50 bits per heavy atom. The molecule has 0 bridgehead atoms. The van der Waals surface area contributed by atoms with Crippen molar-refractivity contribution in [3.8, 4) is 22.6 Å². The number of hydrogen-bond donors (Lipinski definition) is 1. The summed E-state index contributed by atoms with van der Waals surface area (Å²) in [5.74, 6) is 1.10. The smallest absolute Gasteiger partial charge is 0.353 e. The third kappa shape index (κ3) is 6.06. The van der Waals surface area contributed by atoms with Crippen LogP contribution in [0.4, 0.5) is 0 Å². The van der Waals surface area contributed by atoms with Gasteiger partial charge in [-0.1, -0.05) is 93.6 Å². The molecule has 6 rings (SSSR count). The Morgan fingerprint density at radius 3 is 2.17 bits per heavy atom. The first-order valence-electron chi connectivity index (χ1n) is 14.7. The Labute approximate surface area is 247 Å². The van der Waals surface area contributed by atoms with Gasteiger partial charge in [-0.15, -0.1) is 0 Å². The summed E-state index contributed by atoms with van der Waals surface area (Å²) in [6.45, 7) is 8.02. The van der Waals surface area contributed by atoms with Gasteiger partial charge in [0.05, 0.1) is 6.61 Å². The van der Waals surface area contributed by atoms with Crippen molar-refractivity contribution >= 4 is 16.9 Å². The maximum atomic E-state index is 12.9. The summed E-state index contributed by atoms with van der Waals surface area (Å²) in [6.07, 6.45) is 2.40. The molecule has 4 aromatic carbocycles. The fourth-order valence-electron chi connectivity index (χ4n) is 5.43. The lowest BCUT2D eigenvalue weighted by atomic mass is 9.86. The van der Waals surface area contributed by atoms with E-state index >= 15 is 0 Å². The lowest BCUT2D eigenvalue weighted by molar-refractivity contribution is 0.0687. The van der Waals surface area contributed by atoms with Gasteiger partial charge in [-0.05, 0) is 64.6 Å². The zero-order valence-electron chi connectivity index (χ0n) is 24.5. The second-order valence-corrected chi connectivity index (χ2v) is 12.3. The van der Waals surface area contributed by atoms with Crippen molar-refractivity contribution in [2.24, 2.45) is 5.92 Å². The lowest BCUT2D eigenvalue weighted by Crippen LogP contribution is -2.12. The molecule has 5 nitrogen and oxygen atoms in total. The van der Waals surface area contributed by atoms with Crippen molar-refractivity contribution in [1.29, 1.82) is 0 Å². The van der Waals surface area contributed by atoms with E-state index in [1.54, 1.807) is 0 Å². The minimum atomic E-state index is -0.956. The summed E-state index contributed by atoms with van der Waals surface area (Å²) in [7, 11) is 0. The van der Waals surface area contributed by atoms with Crippen LogP contribution in [0.3, 0.4) is 0 Å². The van der Waals surface area contributed by atoms with Gasteiger partial charge in [0.2, 0.25) is 0 Å². The number of rotatable bonds is 10. The van der Waals surface area contributed by atoms with E-state index in [0.717, 1.165) is 38.9 Å². The summed E-state index contributed by atoms with van der Waals surface area (Å²) in [5, 5.41) is 11.5. The van der Waals surface area contributed by atoms with Crippen molar-refractivity contribution in [3.63, 3.8) is 0 Å². The van der Waals surface area contributed by atoms with Crippen LogP contribution in [0.1, 0.15) is 60.8 Å². The van der Waals surface area contributed by atoms with Gasteiger partial charge in [-0.2, -0.15) is 0 Å². The second kappa shape index (κ2) is 11.4. The number of ether oxygens (including phenoxy) is 2. The minimum absolute atomic E-state index is 0.00897. The highest BCUT2D eigenvalue weighted by Gasteiger charge is 2.25. The van der Waals surface area contributed by atoms with Crippen molar-refractivity contribution in [1.82, 2.24) is 4.57 Å². The van der Waals surface area contributed by atoms with Gasteiger partial charge in [0.15, 0.2) is 0 Å². The van der Waals surface area contributed by atoms with Gasteiger partial charge in [0.1, 0.15) is 23.8 Å². The summed E-state index contributed by atoms with van der Waals surface area (Å²) in [4.78, 5) is 12.9. The van der Waals surface area contributed by atoms with Gasteiger partial charge in [-0.3, -0.25) is 0 Å². The van der Waals surface area contributed by atoms with Crippen LogP contribution in [0.2, 0.25) is 0 Å². The standard InChI is InChI=1S/C37H37NO4/c1-37(2,3)29-17-15-28(16-18-29)34-32-11-7-8-12-33(32)38(35(34)36(39)40)22-27-19-30(41-23-25-9-5-4-6-10-25)21-31(20-27)42-24-26-13-14-26/h4-12,15-21,26H,13-14,22-24H2,1-3H3,(H,39,40). The van der Waals surface area contributed by atoms with Crippen LogP contribution in [0.25, 0.3) is 22.0 Å². The average molecular weight is 560 g/mol. The number of para-hydroxylation sites is 1. The fraction of sp³-hybridized carbons (Fsp3) is 0.270. The first-order valence-corrected chi connectivity index (χ1v) is 14.7. The molecule has 1 fully saturated rings. The van der Waals surface area contributed by atoms with Crippen LogP contribution in [0.5, 0.6) is 11.5 Å². The summed E-state index contributed by atoms with van der Waals surface area (Å²) in [6, 6.07) is 32.2. The Bertz CT molecular complexity index is 1710. The Morgan fingerprint density at radius 1 is 0.833 bits per heavy atom. The number of benzene rings is 4. The molecule has 5 aromatic rings. The van der Waals surface area contributed by atoms with Crippen LogP contribution in [0, 0.1) is 5.92 Å². The number of aromatic nitrogens is 1. The summed E-state index contributed by atoms with van der Waals surface area (Å²) < 4.78 is 14.3. The number of aromatic carboxylic acids is 1. The number of hydrogen-bond acceptors (Lipinski definition) is 3. The molecule has 1 aliphatic rings. The summed E-state index contributed by atoms with van der Waals surface area (Å²) >= 11 is 0. The van der Waals surface area contributed by atoms with E-state index in [0.29, 0.717) is 31.4 Å². The van der Waals surface area contributed by atoms with Gasteiger partial charge in [0.25, 0.3) is 0 Å². The molecule has 0 atom stereocenters. The fourth-order valence-corrected chi connectivity index (χ4v) is 5.43. The monoisotopic (exact) mass is 559 g/mol. The number of nitrogens with zero attached hydrogens (tertiary/aromatic N) is 1. The van der Waals surface area contributed by atoms with Gasteiger partial charge in [-0.25, -0.2) is 4.79 Å². The number of carbonyl (C=O) groups is 1. The number of fused-ring (bicyclic) bond motifs is 1. The molecule has 1 aliphatic carbocycles. The largest absolute Gasteiger partial charge is 0.493 e. The Hall–Kier alpha value is -4.51. The second-order valence-electron chi connectivity index (χ2n) is 12.3. The van der Waals surface area contributed by atoms with Crippen molar-refractivity contribution in [2.75, 3.05) is 6.61 Å². The first-order chi connectivity index (χ1) is 20.3. The van der Waals surface area contributed by atoms with E-state index in [1.165, 1.54) is 18.4 Å². The summed E-state index contributed by atoms with van der Waals surface area (Å²) in [5.41, 5.74) is 5.99. The predicted molar refractivity (Wildman–Crippen MR) is 168 cm³/mol. The molecule has 1 aromatic heterocycles. The Balaban J connectivity index is 1.40. The molecular formula is C37H37NO4. The number of carboxylic acids is 1. The van der Waals surface area contributed by atoms with E-state index in [4.69, 9.17) is 9.47 Å². The van der Waals surface area contributed by atoms with Crippen LogP contribution >= 0.6 is 0 Å². The quantitative estimate of drug-likeness (QED) is 0.186. The maximum absolute atomic E-state index is 12.9. The highest BCUT2D eigenvalue weighted by Crippen LogP contribution is 2.38. The van der Waals surface area contributed by atoms with E-state index in [1.807, 2.05) is 89.5 Å². The van der Waals surface area contributed by atoms with Crippen LogP contribution < -0.4 is 9.47 Å². The molecule has 1 saturated carbocycles. The molecule has 5 heteroatoms. The van der Waals surface area contributed by atoms with E-state index in [-0.39, 0.29) is 11.1 Å². The minimum Gasteiger partial charge on any atom is -0.493 e. The lowest BCUT2D eigenvalue weighted by Gasteiger charge is -2.19. The van der Waals surface area contributed by atoms with E-state index in [9.17, 15) is 9.90 Å². The molecule has 0 unspecified atom stereocenters. The van der Waals surface area contributed by atoms with Crippen molar-refractivity contribution in [2.45, 2.75) is 52.2 Å². The highest BCUT2D eigenvalue weighted by atomic mass is 16.5. The van der Waals surface area contributed by atoms with Crippen LogP contribution in [0.15, 0.2) is 97.1 Å². The molecule has 214 valence electrons. The van der Waals surface area contributed by atoms with Crippen molar-refractivity contribution < 1.29 is 19.4 Å². The first kappa shape index (κ1) is 27.6. The maximum Gasteiger partial charge on any atom is 0.353 e. The van der Waals surface area contributed by atoms with E-state index < -0.39 is 5.97 Å². The topological polar surface area (TPSA) is 60.7 Å². The molecule has 1 heterocycles. The normalized spacial score (nSPS) is 13.3. The zero-order valence-corrected chi connectivity index (χ0v) is 24.5. The number of carboxylic acid groups (broad SMARTS) is 1. The van der Waals surface area contributed by atoms with Gasteiger partial charge >= 0.3 is 5.97 Å². The third-order valence-corrected chi connectivity index (χ3v) is 7.92. The molecule has 0 aliphatic heterocycles. The molecule has 0 radical (unpaired) electrons. The average Bonchev–Trinajstić information content (AvgIpc) is 3.76. The highest BCUT2D eigenvalue weighted by molar-refractivity contribution is 6.08. The molecule has 0 spiro atoms. The third-order valence-electron chi connectivity index (χ3n) is 7.92. The molecule has 42 heavy (non-hydrogen) atoms. The van der Waals surface area contributed by atoms with Gasteiger partial charge in [0, 0.05) is 29.1 Å². The van der Waals surface area contributed by atoms with Crippen LogP contribution in [-0.2, 0) is 18.6 Å². The Kier molecular flexibility index (Phi) is 7.51. The zero-order chi connectivity index (χ0) is 29.3. The van der Waals surface area contributed by atoms with Crippen molar-refractivity contribution in [3.05, 3.63) is 119 Å². The molecule has 0 saturated heterocycles. The van der Waals surface area contributed by atoms with Gasteiger partial charge < -0.3 is 19.1 Å². The SMILES string of the molecule is CC(C)(C)c1ccc(-c2c(C(=O)O)n(Cc3cc(OCc4ccccc4)cc(OCC4CC4)c3)c3ccccc23)cc1.